The summed E-state index contributed by atoms with van der Waals surface area (Å²) in [6.45, 7) is 1.94. The Morgan fingerprint density at radius 1 is 1.06 bits per heavy atom. The summed E-state index contributed by atoms with van der Waals surface area (Å²) < 4.78 is 12.7. The fraction of sp³-hybridized carbons (Fsp3) is 0.185. The van der Waals surface area contributed by atoms with Gasteiger partial charge in [-0.3, -0.25) is 5.32 Å². The van der Waals surface area contributed by atoms with Crippen LogP contribution in [0.1, 0.15) is 30.1 Å². The van der Waals surface area contributed by atoms with Crippen molar-refractivity contribution < 1.29 is 29.3 Å². The van der Waals surface area contributed by atoms with Crippen LogP contribution in [0.15, 0.2) is 89.4 Å². The molecule has 0 aliphatic rings. The Bertz CT molecular complexity index is 1160. The number of allylic oxidation sites excluding steroid dienone is 1. The van der Waals surface area contributed by atoms with E-state index in [1.165, 1.54) is 12.1 Å². The third-order valence-electron chi connectivity index (χ3n) is 5.07. The molecule has 8 heteroatoms. The maximum atomic E-state index is 12.9. The summed E-state index contributed by atoms with van der Waals surface area (Å²) in [5.41, 5.74) is 1.95. The number of rotatable bonds is 10. The highest BCUT2D eigenvalue weighted by Crippen LogP contribution is 2.35. The van der Waals surface area contributed by atoms with Crippen molar-refractivity contribution in [3.05, 3.63) is 101 Å². The molecule has 0 spiro atoms. The maximum Gasteiger partial charge on any atom is 0.412 e. The van der Waals surface area contributed by atoms with Gasteiger partial charge in [0.25, 0.3) is 0 Å². The molecule has 35 heavy (non-hydrogen) atoms. The molecule has 3 rings (SSSR count). The zero-order valence-corrected chi connectivity index (χ0v) is 20.6. The van der Waals surface area contributed by atoms with Crippen molar-refractivity contribution >= 4 is 33.7 Å². The van der Waals surface area contributed by atoms with E-state index in [4.69, 9.17) is 14.6 Å². The number of ether oxygens (including phenoxy) is 2. The van der Waals surface area contributed by atoms with Crippen LogP contribution in [0.4, 0.5) is 10.5 Å². The minimum absolute atomic E-state index is 0.0657. The van der Waals surface area contributed by atoms with Crippen LogP contribution in [-0.2, 0) is 9.53 Å². The molecule has 0 unspecified atom stereocenters. The zero-order chi connectivity index (χ0) is 25.2. The van der Waals surface area contributed by atoms with E-state index in [2.05, 4.69) is 21.2 Å². The number of hydrogen-bond donors (Lipinski definition) is 3. The number of amides is 1. The lowest BCUT2D eigenvalue weighted by Gasteiger charge is -2.28. The number of phenolic OH excluding ortho intramolecular Hbond substituents is 1. The molecule has 0 aromatic heterocycles. The van der Waals surface area contributed by atoms with Gasteiger partial charge in [-0.15, -0.1) is 0 Å². The molecule has 2 atom stereocenters. The monoisotopic (exact) mass is 539 g/mol. The van der Waals surface area contributed by atoms with Gasteiger partial charge in [-0.2, -0.15) is 0 Å². The lowest BCUT2D eigenvalue weighted by atomic mass is 9.99. The van der Waals surface area contributed by atoms with E-state index in [1.807, 2.05) is 37.3 Å². The summed E-state index contributed by atoms with van der Waals surface area (Å²) in [6.07, 6.45) is 0.756. The van der Waals surface area contributed by atoms with Gasteiger partial charge in [-0.1, -0.05) is 57.9 Å². The third-order valence-corrected chi connectivity index (χ3v) is 5.57. The number of benzene rings is 3. The quantitative estimate of drug-likeness (QED) is 0.250. The third kappa shape index (κ3) is 8.19. The number of aliphatic carboxylic acids is 1. The fourth-order valence-corrected chi connectivity index (χ4v) is 3.76. The SMILES string of the molecule is Cc1ccc(NC(=O)O[C@@H](c2cc(Br)ccc2O)[C@H](CC/C=C/C(=O)O)Oc2ccccc2)cc1. The van der Waals surface area contributed by atoms with Crippen molar-refractivity contribution in [2.45, 2.75) is 32.0 Å². The van der Waals surface area contributed by atoms with Gasteiger partial charge in [-0.05, 0) is 62.2 Å². The summed E-state index contributed by atoms with van der Waals surface area (Å²) in [5, 5.41) is 22.2. The van der Waals surface area contributed by atoms with Crippen LogP contribution in [0.3, 0.4) is 0 Å². The van der Waals surface area contributed by atoms with Gasteiger partial charge in [0.15, 0.2) is 6.10 Å². The van der Waals surface area contributed by atoms with Gasteiger partial charge in [0.05, 0.1) is 0 Å². The number of nitrogens with one attached hydrogen (secondary N) is 1. The molecular weight excluding hydrogens is 514 g/mol. The van der Waals surface area contributed by atoms with E-state index in [0.717, 1.165) is 11.6 Å². The average Bonchev–Trinajstić information content (AvgIpc) is 2.83. The standard InChI is InChI=1S/C27H26BrNO6/c1-18-11-14-20(15-12-18)29-27(33)35-26(22-17-19(28)13-16-23(22)30)24(9-5-6-10-25(31)32)34-21-7-3-2-4-8-21/h2-4,6-8,10-17,24,26,30H,5,9H2,1H3,(H,29,33)(H,31,32)/b10-6+/t24-,26-/m0/s1. The molecule has 0 fully saturated rings. The summed E-state index contributed by atoms with van der Waals surface area (Å²) >= 11 is 3.40. The highest BCUT2D eigenvalue weighted by atomic mass is 79.9. The number of phenols is 1. The van der Waals surface area contributed by atoms with E-state index in [1.54, 1.807) is 36.4 Å². The molecule has 7 nitrogen and oxygen atoms in total. The lowest BCUT2D eigenvalue weighted by Crippen LogP contribution is -2.31. The minimum Gasteiger partial charge on any atom is -0.508 e. The lowest BCUT2D eigenvalue weighted by molar-refractivity contribution is -0.131. The van der Waals surface area contributed by atoms with Gasteiger partial charge >= 0.3 is 12.1 Å². The van der Waals surface area contributed by atoms with Gasteiger partial charge in [-0.25, -0.2) is 9.59 Å². The number of hydrogen-bond acceptors (Lipinski definition) is 5. The van der Waals surface area contributed by atoms with E-state index in [0.29, 0.717) is 34.3 Å². The first-order valence-corrected chi connectivity index (χ1v) is 11.7. The molecule has 0 saturated carbocycles. The van der Waals surface area contributed by atoms with Gasteiger partial charge < -0.3 is 19.7 Å². The summed E-state index contributed by atoms with van der Waals surface area (Å²) in [7, 11) is 0. The molecule has 0 saturated heterocycles. The first kappa shape index (κ1) is 25.8. The maximum absolute atomic E-state index is 12.9. The predicted octanol–water partition coefficient (Wildman–Crippen LogP) is 6.62. The van der Waals surface area contributed by atoms with Gasteiger partial charge in [0.1, 0.15) is 17.6 Å². The number of aromatic hydroxyl groups is 1. The van der Waals surface area contributed by atoms with Gasteiger partial charge in [0, 0.05) is 21.8 Å². The molecule has 0 radical (unpaired) electrons. The molecule has 0 aliphatic carbocycles. The first-order valence-electron chi connectivity index (χ1n) is 11.0. The van der Waals surface area contributed by atoms with E-state index >= 15 is 0 Å². The van der Waals surface area contributed by atoms with Crippen LogP contribution in [0.25, 0.3) is 0 Å². The summed E-state index contributed by atoms with van der Waals surface area (Å²) in [5.74, 6) is -0.578. The Labute approximate surface area is 212 Å². The van der Waals surface area contributed by atoms with E-state index < -0.39 is 24.3 Å². The fourth-order valence-electron chi connectivity index (χ4n) is 3.38. The molecule has 3 aromatic rings. The second-order valence-electron chi connectivity index (χ2n) is 7.81. The normalized spacial score (nSPS) is 12.6. The van der Waals surface area contributed by atoms with Crippen molar-refractivity contribution in [2.24, 2.45) is 0 Å². The number of para-hydroxylation sites is 1. The molecular formula is C27H26BrNO6. The number of carboxylic acid groups (broad SMARTS) is 1. The van der Waals surface area contributed by atoms with Crippen LogP contribution < -0.4 is 10.1 Å². The highest BCUT2D eigenvalue weighted by molar-refractivity contribution is 9.10. The zero-order valence-electron chi connectivity index (χ0n) is 19.1. The average molecular weight is 540 g/mol. The number of carbonyl (C=O) groups excluding carboxylic acids is 1. The molecule has 0 aliphatic heterocycles. The largest absolute Gasteiger partial charge is 0.508 e. The topological polar surface area (TPSA) is 105 Å². The Hall–Kier alpha value is -3.78. The van der Waals surface area contributed by atoms with E-state index in [-0.39, 0.29) is 5.75 Å². The molecule has 3 aromatic carbocycles. The number of carbonyl (C=O) groups is 2. The number of anilines is 1. The molecule has 0 bridgehead atoms. The van der Waals surface area contributed by atoms with Crippen LogP contribution in [0.2, 0.25) is 0 Å². The van der Waals surface area contributed by atoms with Crippen molar-refractivity contribution in [1.82, 2.24) is 0 Å². The Morgan fingerprint density at radius 2 is 1.77 bits per heavy atom. The highest BCUT2D eigenvalue weighted by Gasteiger charge is 2.31. The van der Waals surface area contributed by atoms with E-state index in [9.17, 15) is 14.7 Å². The predicted molar refractivity (Wildman–Crippen MR) is 137 cm³/mol. The Morgan fingerprint density at radius 3 is 2.46 bits per heavy atom. The van der Waals surface area contributed by atoms with Crippen molar-refractivity contribution in [3.63, 3.8) is 0 Å². The molecule has 3 N–H and O–H groups in total. The summed E-state index contributed by atoms with van der Waals surface area (Å²) in [6, 6.07) is 21.1. The van der Waals surface area contributed by atoms with Gasteiger partial charge in [0.2, 0.25) is 0 Å². The van der Waals surface area contributed by atoms with Crippen LogP contribution >= 0.6 is 15.9 Å². The number of carboxylic acids is 1. The van der Waals surface area contributed by atoms with Crippen molar-refractivity contribution in [3.8, 4) is 11.5 Å². The number of aryl methyl sites for hydroxylation is 1. The molecule has 1 amide bonds. The molecule has 0 heterocycles. The Kier molecular flexibility index (Phi) is 9.31. The second-order valence-corrected chi connectivity index (χ2v) is 8.72. The first-order chi connectivity index (χ1) is 16.8. The van der Waals surface area contributed by atoms with Crippen LogP contribution in [-0.4, -0.2) is 28.4 Å². The van der Waals surface area contributed by atoms with Crippen LogP contribution in [0, 0.1) is 6.92 Å². The van der Waals surface area contributed by atoms with Crippen LogP contribution in [0.5, 0.6) is 11.5 Å². The smallest absolute Gasteiger partial charge is 0.412 e. The summed E-state index contributed by atoms with van der Waals surface area (Å²) in [4.78, 5) is 23.8. The Balaban J connectivity index is 1.92. The molecule has 182 valence electrons. The second kappa shape index (κ2) is 12.6. The van der Waals surface area contributed by atoms with Crippen molar-refractivity contribution in [1.29, 1.82) is 0 Å². The van der Waals surface area contributed by atoms with Crippen molar-refractivity contribution in [2.75, 3.05) is 5.32 Å². The minimum atomic E-state index is -1.06. The number of halogens is 1.